The first kappa shape index (κ1) is 22.2. The van der Waals surface area contributed by atoms with Crippen LogP contribution in [0, 0.1) is 23.2 Å². The third-order valence-corrected chi connectivity index (χ3v) is 5.88. The Morgan fingerprint density at radius 1 is 1.21 bits per heavy atom. The van der Waals surface area contributed by atoms with E-state index < -0.39 is 0 Å². The number of allylic oxidation sites excluding steroid dienone is 2. The number of nitrogens with zero attached hydrogens (tertiary/aromatic N) is 1. The molecule has 0 bridgehead atoms. The Kier molecular flexibility index (Phi) is 9.83. The summed E-state index contributed by atoms with van der Waals surface area (Å²) in [5.74, 6) is 0.893. The van der Waals surface area contributed by atoms with Gasteiger partial charge in [-0.1, -0.05) is 50.5 Å². The minimum absolute atomic E-state index is 0.0383. The summed E-state index contributed by atoms with van der Waals surface area (Å²) in [5.41, 5.74) is 2.48. The lowest BCUT2D eigenvalue weighted by molar-refractivity contribution is -0.125. The summed E-state index contributed by atoms with van der Waals surface area (Å²) in [7, 11) is 0. The van der Waals surface area contributed by atoms with E-state index in [1.165, 1.54) is 24.0 Å². The normalized spacial score (nSPS) is 20.1. The first-order valence-electron chi connectivity index (χ1n) is 11.0. The summed E-state index contributed by atoms with van der Waals surface area (Å²) >= 11 is 0. The zero-order chi connectivity index (χ0) is 20.2. The molecule has 1 fully saturated rings. The smallest absolute Gasteiger partial charge is 0.136 e. The fraction of sp³-hybridized carbons (Fsp3) is 0.600. The predicted octanol–water partition coefficient (Wildman–Crippen LogP) is 6.47. The highest BCUT2D eigenvalue weighted by molar-refractivity contribution is 5.82. The maximum absolute atomic E-state index is 12.7. The highest BCUT2D eigenvalue weighted by Gasteiger charge is 2.31. The Morgan fingerprint density at radius 3 is 2.75 bits per heavy atom. The van der Waals surface area contributed by atoms with Gasteiger partial charge < -0.3 is 5.11 Å². The van der Waals surface area contributed by atoms with Gasteiger partial charge in [-0.15, -0.1) is 0 Å². The number of aliphatic hydroxyl groups excluding tert-OH is 1. The number of unbranched alkanes of at least 4 members (excludes halogenated alkanes) is 4. The number of hydrogen-bond acceptors (Lipinski definition) is 3. The SMILES string of the molecule is CCCCCC/C(O)=C\[C@H]1CCCC(=O)[C@@H]1Cc1ccccc1CCCC#N. The van der Waals surface area contributed by atoms with Gasteiger partial charge in [-0.25, -0.2) is 0 Å². The second-order valence-corrected chi connectivity index (χ2v) is 8.08. The van der Waals surface area contributed by atoms with Crippen LogP contribution < -0.4 is 0 Å². The van der Waals surface area contributed by atoms with Crippen LogP contribution in [0.25, 0.3) is 0 Å². The van der Waals surface area contributed by atoms with E-state index in [4.69, 9.17) is 5.26 Å². The van der Waals surface area contributed by atoms with Crippen LogP contribution in [0.1, 0.15) is 82.3 Å². The van der Waals surface area contributed by atoms with Crippen molar-refractivity contribution in [3.05, 3.63) is 47.2 Å². The summed E-state index contributed by atoms with van der Waals surface area (Å²) in [6.07, 6.45) is 12.9. The number of ketones is 1. The van der Waals surface area contributed by atoms with Crippen molar-refractivity contribution in [2.24, 2.45) is 11.8 Å². The zero-order valence-electron chi connectivity index (χ0n) is 17.3. The third kappa shape index (κ3) is 7.15. The summed E-state index contributed by atoms with van der Waals surface area (Å²) in [6, 6.07) is 10.5. The lowest BCUT2D eigenvalue weighted by Crippen LogP contribution is -2.29. The molecule has 0 heterocycles. The second kappa shape index (κ2) is 12.4. The van der Waals surface area contributed by atoms with Gasteiger partial charge in [-0.2, -0.15) is 5.26 Å². The molecular formula is C25H35NO2. The molecule has 1 N–H and O–H groups in total. The number of benzene rings is 1. The lowest BCUT2D eigenvalue weighted by Gasteiger charge is -2.29. The van der Waals surface area contributed by atoms with Crippen LogP contribution in [-0.2, 0) is 17.6 Å². The first-order chi connectivity index (χ1) is 13.7. The Balaban J connectivity index is 2.06. The number of aryl methyl sites for hydroxylation is 1. The molecule has 0 saturated heterocycles. The van der Waals surface area contributed by atoms with E-state index in [1.807, 2.05) is 18.2 Å². The van der Waals surface area contributed by atoms with Crippen LogP contribution in [0.3, 0.4) is 0 Å². The van der Waals surface area contributed by atoms with E-state index in [0.29, 0.717) is 24.4 Å². The van der Waals surface area contributed by atoms with E-state index in [2.05, 4.69) is 25.1 Å². The molecule has 0 unspecified atom stereocenters. The molecule has 152 valence electrons. The van der Waals surface area contributed by atoms with Crippen LogP contribution >= 0.6 is 0 Å². The predicted molar refractivity (Wildman–Crippen MR) is 114 cm³/mol. The van der Waals surface area contributed by atoms with Crippen LogP contribution in [-0.4, -0.2) is 10.9 Å². The van der Waals surface area contributed by atoms with Gasteiger partial charge in [0, 0.05) is 25.2 Å². The molecule has 1 aromatic rings. The highest BCUT2D eigenvalue weighted by atomic mass is 16.3. The molecule has 0 radical (unpaired) electrons. The molecule has 3 heteroatoms. The topological polar surface area (TPSA) is 61.1 Å². The Bertz CT molecular complexity index is 686. The van der Waals surface area contributed by atoms with Crippen LogP contribution in [0.15, 0.2) is 36.1 Å². The first-order valence-corrected chi connectivity index (χ1v) is 11.0. The molecular weight excluding hydrogens is 346 g/mol. The van der Waals surface area contributed by atoms with Gasteiger partial charge in [0.15, 0.2) is 0 Å². The van der Waals surface area contributed by atoms with Crippen molar-refractivity contribution in [1.29, 1.82) is 5.26 Å². The Hall–Kier alpha value is -2.08. The number of Topliss-reactive ketones (excluding diaryl/α,β-unsaturated/α-hetero) is 1. The summed E-state index contributed by atoms with van der Waals surface area (Å²) in [4.78, 5) is 12.7. The fourth-order valence-electron chi connectivity index (χ4n) is 4.26. The number of nitriles is 1. The number of aliphatic hydroxyl groups is 1. The number of hydrogen-bond donors (Lipinski definition) is 1. The molecule has 0 amide bonds. The van der Waals surface area contributed by atoms with Gasteiger partial charge in [-0.05, 0) is 61.6 Å². The largest absolute Gasteiger partial charge is 0.513 e. The standard InChI is InChI=1S/C25H35NO2/c1-2-3-4-5-15-23(27)18-22-14-10-16-25(28)24(22)19-21-13-7-6-11-20(21)12-8-9-17-26/h6-7,11,13,18,22,24,27H,2-5,8-10,12,14-16,19H2,1H3/b23-18+/t22-,24-/m1/s1. The van der Waals surface area contributed by atoms with Crippen molar-refractivity contribution in [3.63, 3.8) is 0 Å². The second-order valence-electron chi connectivity index (χ2n) is 8.08. The summed E-state index contributed by atoms with van der Waals surface area (Å²) in [6.45, 7) is 2.19. The monoisotopic (exact) mass is 381 g/mol. The van der Waals surface area contributed by atoms with E-state index in [-0.39, 0.29) is 11.8 Å². The van der Waals surface area contributed by atoms with E-state index in [0.717, 1.165) is 51.4 Å². The van der Waals surface area contributed by atoms with Crippen LogP contribution in [0.4, 0.5) is 0 Å². The van der Waals surface area contributed by atoms with Crippen molar-refractivity contribution < 1.29 is 9.90 Å². The van der Waals surface area contributed by atoms with Gasteiger partial charge in [0.1, 0.15) is 5.78 Å². The molecule has 2 rings (SSSR count). The lowest BCUT2D eigenvalue weighted by atomic mass is 9.74. The molecule has 1 aliphatic rings. The van der Waals surface area contributed by atoms with Crippen LogP contribution in [0.5, 0.6) is 0 Å². The number of rotatable bonds is 11. The molecule has 1 aliphatic carbocycles. The molecule has 0 spiro atoms. The van der Waals surface area contributed by atoms with E-state index in [9.17, 15) is 9.90 Å². The Labute approximate surface area is 170 Å². The molecule has 28 heavy (non-hydrogen) atoms. The highest BCUT2D eigenvalue weighted by Crippen LogP contribution is 2.33. The molecule has 2 atom stereocenters. The van der Waals surface area contributed by atoms with Crippen molar-refractivity contribution in [2.75, 3.05) is 0 Å². The molecule has 1 saturated carbocycles. The molecule has 0 aromatic heterocycles. The number of carbonyl (C=O) groups excluding carboxylic acids is 1. The average Bonchev–Trinajstić information content (AvgIpc) is 2.69. The van der Waals surface area contributed by atoms with Crippen molar-refractivity contribution >= 4 is 5.78 Å². The van der Waals surface area contributed by atoms with E-state index >= 15 is 0 Å². The van der Waals surface area contributed by atoms with Crippen molar-refractivity contribution in [3.8, 4) is 6.07 Å². The minimum atomic E-state index is -0.0383. The van der Waals surface area contributed by atoms with Gasteiger partial charge in [0.05, 0.1) is 11.8 Å². The molecule has 3 nitrogen and oxygen atoms in total. The van der Waals surface area contributed by atoms with Gasteiger partial charge in [0.25, 0.3) is 0 Å². The number of carbonyl (C=O) groups is 1. The summed E-state index contributed by atoms with van der Waals surface area (Å²) < 4.78 is 0. The zero-order valence-corrected chi connectivity index (χ0v) is 17.3. The van der Waals surface area contributed by atoms with E-state index in [1.54, 1.807) is 0 Å². The maximum Gasteiger partial charge on any atom is 0.136 e. The maximum atomic E-state index is 12.7. The summed E-state index contributed by atoms with van der Waals surface area (Å²) in [5, 5.41) is 19.2. The quantitative estimate of drug-likeness (QED) is 0.353. The van der Waals surface area contributed by atoms with Gasteiger partial charge >= 0.3 is 0 Å². The minimum Gasteiger partial charge on any atom is -0.513 e. The average molecular weight is 382 g/mol. The molecule has 1 aromatic carbocycles. The van der Waals surface area contributed by atoms with Crippen molar-refractivity contribution in [2.45, 2.75) is 84.0 Å². The van der Waals surface area contributed by atoms with Gasteiger partial charge in [0.2, 0.25) is 0 Å². The van der Waals surface area contributed by atoms with Crippen molar-refractivity contribution in [1.82, 2.24) is 0 Å². The fourth-order valence-corrected chi connectivity index (χ4v) is 4.26. The molecule has 0 aliphatic heterocycles. The van der Waals surface area contributed by atoms with Crippen LogP contribution in [0.2, 0.25) is 0 Å². The van der Waals surface area contributed by atoms with Gasteiger partial charge in [-0.3, -0.25) is 4.79 Å². The Morgan fingerprint density at radius 2 is 2.00 bits per heavy atom. The third-order valence-electron chi connectivity index (χ3n) is 5.88.